The van der Waals surface area contributed by atoms with Crippen molar-refractivity contribution in [3.05, 3.63) is 40.4 Å². The molecular weight excluding hydrogens is 466 g/mol. The van der Waals surface area contributed by atoms with E-state index in [4.69, 9.17) is 0 Å². The molecule has 0 amide bonds. The molecule has 1 aromatic heterocycles. The van der Waals surface area contributed by atoms with E-state index in [2.05, 4.69) is 25.9 Å². The molecule has 3 rings (SSSR count). The predicted molar refractivity (Wildman–Crippen MR) is 98.1 cm³/mol. The minimum absolute atomic E-state index is 0.0658. The lowest BCUT2D eigenvalue weighted by Gasteiger charge is -2.14. The van der Waals surface area contributed by atoms with Gasteiger partial charge in [0.15, 0.2) is 15.7 Å². The summed E-state index contributed by atoms with van der Waals surface area (Å²) in [7, 11) is -3.79. The highest BCUT2D eigenvalue weighted by molar-refractivity contribution is 9.10. The third-order valence-electron chi connectivity index (χ3n) is 4.19. The first-order valence-corrected chi connectivity index (χ1v) is 10.6. The number of hydrogen-bond donors (Lipinski definition) is 0. The van der Waals surface area contributed by atoms with Gasteiger partial charge in [0.25, 0.3) is 0 Å². The van der Waals surface area contributed by atoms with Crippen LogP contribution < -0.4 is 0 Å². The summed E-state index contributed by atoms with van der Waals surface area (Å²) < 4.78 is 80.9. The van der Waals surface area contributed by atoms with E-state index in [-0.39, 0.29) is 34.3 Å². The van der Waals surface area contributed by atoms with Gasteiger partial charge in [-0.15, -0.1) is 0 Å². The molecule has 28 heavy (non-hydrogen) atoms. The van der Waals surface area contributed by atoms with Gasteiger partial charge in [-0.3, -0.25) is 4.98 Å². The molecule has 0 spiro atoms. The number of aryl methyl sites for hydroxylation is 1. The molecule has 0 saturated carbocycles. The zero-order valence-corrected chi connectivity index (χ0v) is 17.1. The first kappa shape index (κ1) is 20.7. The summed E-state index contributed by atoms with van der Waals surface area (Å²) in [6.45, 7) is 3.05. The second-order valence-corrected chi connectivity index (χ2v) is 9.09. The van der Waals surface area contributed by atoms with Crippen molar-refractivity contribution in [2.75, 3.05) is 5.75 Å². The number of sulfone groups is 1. The normalized spacial score (nSPS) is 12.7. The highest BCUT2D eigenvalue weighted by atomic mass is 79.9. The Kier molecular flexibility index (Phi) is 5.26. The van der Waals surface area contributed by atoms with E-state index < -0.39 is 33.1 Å². The molecule has 0 bridgehead atoms. The molecule has 0 radical (unpaired) electrons. The van der Waals surface area contributed by atoms with E-state index >= 15 is 4.39 Å². The number of alkyl halides is 3. The highest BCUT2D eigenvalue weighted by Gasteiger charge is 2.35. The molecule has 0 saturated heterocycles. The topological polar surface area (TPSA) is 64.8 Å². The molecule has 3 heterocycles. The second kappa shape index (κ2) is 7.11. The Hall–Kier alpha value is -2.01. The number of aromatic nitrogens is 3. The van der Waals surface area contributed by atoms with Gasteiger partial charge < -0.3 is 4.57 Å². The molecule has 0 aliphatic carbocycles. The van der Waals surface area contributed by atoms with Crippen LogP contribution in [-0.2, 0) is 22.6 Å². The smallest absolute Gasteiger partial charge is 0.343 e. The maximum absolute atomic E-state index is 15.2. The van der Waals surface area contributed by atoms with Crippen LogP contribution in [0.4, 0.5) is 17.6 Å². The molecule has 0 N–H and O–H groups in total. The molecule has 2 aliphatic rings. The Bertz CT molecular complexity index is 1130. The Balaban J connectivity index is 2.36. The third kappa shape index (κ3) is 3.52. The zero-order valence-electron chi connectivity index (χ0n) is 14.7. The summed E-state index contributed by atoms with van der Waals surface area (Å²) >= 11 is 3.13. The van der Waals surface area contributed by atoms with Gasteiger partial charge in [0.2, 0.25) is 0 Å². The number of rotatable bonds is 4. The summed E-state index contributed by atoms with van der Waals surface area (Å²) in [5.74, 6) is -1.18. The SMILES string of the molecule is CCn1cc(C(F)(F)F)cc2nc(-c3ncc(Br)cc3S(=O)(=O)CC)c(F)c1-2. The lowest BCUT2D eigenvalue weighted by Crippen LogP contribution is -2.11. The van der Waals surface area contributed by atoms with E-state index in [1.807, 2.05) is 0 Å². The van der Waals surface area contributed by atoms with E-state index in [9.17, 15) is 21.6 Å². The van der Waals surface area contributed by atoms with Crippen molar-refractivity contribution in [1.29, 1.82) is 0 Å². The maximum Gasteiger partial charge on any atom is 0.417 e. The van der Waals surface area contributed by atoms with Crippen molar-refractivity contribution < 1.29 is 26.0 Å². The Morgan fingerprint density at radius 2 is 1.86 bits per heavy atom. The molecule has 1 aromatic rings. The monoisotopic (exact) mass is 479 g/mol. The standard InChI is InChI=1S/C17H14BrF4N3O2S/c1-3-25-8-9(17(20,21)22)5-11-16(25)13(19)15(24-11)14-12(28(26,27)4-2)6-10(18)7-23-14/h5-8H,3-4H2,1-2H3. The second-order valence-electron chi connectivity index (χ2n) is 5.92. The summed E-state index contributed by atoms with van der Waals surface area (Å²) in [4.78, 5) is 7.71. The van der Waals surface area contributed by atoms with Crippen molar-refractivity contribution in [3.63, 3.8) is 0 Å². The first-order valence-electron chi connectivity index (χ1n) is 8.14. The molecule has 150 valence electrons. The Labute approximate surface area is 166 Å². The van der Waals surface area contributed by atoms with E-state index in [0.717, 1.165) is 16.8 Å². The van der Waals surface area contributed by atoms with Crippen LogP contribution in [0, 0.1) is 5.82 Å². The first-order chi connectivity index (χ1) is 13.0. The average Bonchev–Trinajstić information content (AvgIpc) is 2.97. The fourth-order valence-electron chi connectivity index (χ4n) is 2.79. The van der Waals surface area contributed by atoms with Gasteiger partial charge in [-0.25, -0.2) is 17.8 Å². The van der Waals surface area contributed by atoms with Crippen LogP contribution in [0.15, 0.2) is 33.9 Å². The lowest BCUT2D eigenvalue weighted by molar-refractivity contribution is -0.138. The minimum atomic E-state index is -4.63. The molecule has 5 nitrogen and oxygen atoms in total. The van der Waals surface area contributed by atoms with Crippen LogP contribution in [0.5, 0.6) is 0 Å². The maximum atomic E-state index is 15.2. The van der Waals surface area contributed by atoms with Gasteiger partial charge >= 0.3 is 6.18 Å². The summed E-state index contributed by atoms with van der Waals surface area (Å²) in [6.07, 6.45) is -2.55. The molecule has 0 unspecified atom stereocenters. The van der Waals surface area contributed by atoms with Gasteiger partial charge in [-0.2, -0.15) is 13.2 Å². The van der Waals surface area contributed by atoms with Gasteiger partial charge in [-0.05, 0) is 35.0 Å². The van der Waals surface area contributed by atoms with Crippen LogP contribution in [0.3, 0.4) is 0 Å². The van der Waals surface area contributed by atoms with Crippen LogP contribution in [0.25, 0.3) is 22.8 Å². The van der Waals surface area contributed by atoms with Crippen molar-refractivity contribution in [2.24, 2.45) is 0 Å². The van der Waals surface area contributed by atoms with E-state index in [1.165, 1.54) is 19.2 Å². The average molecular weight is 480 g/mol. The number of halogens is 5. The molecule has 11 heteroatoms. The minimum Gasteiger partial charge on any atom is -0.343 e. The third-order valence-corrected chi connectivity index (χ3v) is 6.37. The summed E-state index contributed by atoms with van der Waals surface area (Å²) in [5, 5.41) is 0. The largest absolute Gasteiger partial charge is 0.417 e. The van der Waals surface area contributed by atoms with Crippen molar-refractivity contribution in [1.82, 2.24) is 14.5 Å². The van der Waals surface area contributed by atoms with Crippen LogP contribution in [0.2, 0.25) is 0 Å². The number of nitrogens with zero attached hydrogens (tertiary/aromatic N) is 3. The highest BCUT2D eigenvalue weighted by Crippen LogP contribution is 2.39. The Morgan fingerprint density at radius 3 is 2.43 bits per heavy atom. The van der Waals surface area contributed by atoms with Crippen LogP contribution >= 0.6 is 15.9 Å². The number of hydrogen-bond acceptors (Lipinski definition) is 4. The van der Waals surface area contributed by atoms with Gasteiger partial charge in [-0.1, -0.05) is 6.92 Å². The predicted octanol–water partition coefficient (Wildman–Crippen LogP) is 4.78. The van der Waals surface area contributed by atoms with Crippen molar-refractivity contribution >= 4 is 25.8 Å². The lowest BCUT2D eigenvalue weighted by atomic mass is 10.1. The Morgan fingerprint density at radius 1 is 1.18 bits per heavy atom. The molecule has 0 atom stereocenters. The fraction of sp³-hybridized carbons (Fsp3) is 0.294. The number of pyridine rings is 2. The summed E-state index contributed by atoms with van der Waals surface area (Å²) in [6, 6.07) is 2.01. The van der Waals surface area contributed by atoms with E-state index in [0.29, 0.717) is 4.47 Å². The van der Waals surface area contributed by atoms with Crippen LogP contribution in [0.1, 0.15) is 19.4 Å². The molecule has 0 fully saturated rings. The molecular formula is C17H14BrF4N3O2S. The molecule has 2 aliphatic heterocycles. The van der Waals surface area contributed by atoms with Gasteiger partial charge in [0.1, 0.15) is 17.1 Å². The molecule has 0 aromatic carbocycles. The van der Waals surface area contributed by atoms with E-state index in [1.54, 1.807) is 6.92 Å². The fourth-order valence-corrected chi connectivity index (χ4v) is 4.33. The zero-order chi connectivity index (χ0) is 20.9. The quantitative estimate of drug-likeness (QED) is 0.505. The van der Waals surface area contributed by atoms with Gasteiger partial charge in [0.05, 0.1) is 21.9 Å². The van der Waals surface area contributed by atoms with Crippen LogP contribution in [-0.4, -0.2) is 28.7 Å². The van der Waals surface area contributed by atoms with Crippen molar-refractivity contribution in [2.45, 2.75) is 31.5 Å². The van der Waals surface area contributed by atoms with Crippen molar-refractivity contribution in [3.8, 4) is 22.8 Å². The van der Waals surface area contributed by atoms with Gasteiger partial charge in [0, 0.05) is 23.4 Å². The summed E-state index contributed by atoms with van der Waals surface area (Å²) in [5.41, 5.74) is -1.99. The number of fused-ring (bicyclic) bond motifs is 1.